The van der Waals surface area contributed by atoms with Crippen LogP contribution in [0.25, 0.3) is 0 Å². The lowest BCUT2D eigenvalue weighted by Crippen LogP contribution is -2.17. The Morgan fingerprint density at radius 1 is 1.30 bits per heavy atom. The molecule has 2 rings (SSSR count). The van der Waals surface area contributed by atoms with Gasteiger partial charge in [0.2, 0.25) is 0 Å². The van der Waals surface area contributed by atoms with E-state index in [1.54, 1.807) is 36.4 Å². The third kappa shape index (κ3) is 3.59. The van der Waals surface area contributed by atoms with Crippen molar-refractivity contribution in [3.05, 3.63) is 63.1 Å². The van der Waals surface area contributed by atoms with Gasteiger partial charge in [0.05, 0.1) is 10.7 Å². The number of aromatic hydroxyl groups is 1. The first-order chi connectivity index (χ1) is 9.58. The molecular weight excluding hydrogens is 344 g/mol. The predicted molar refractivity (Wildman–Crippen MR) is 82.3 cm³/mol. The van der Waals surface area contributed by atoms with Crippen LogP contribution in [-0.4, -0.2) is 17.2 Å². The quantitative estimate of drug-likeness (QED) is 0.654. The molecule has 0 fully saturated rings. The van der Waals surface area contributed by atoms with E-state index >= 15 is 0 Å². The van der Waals surface area contributed by atoms with Crippen LogP contribution in [0.2, 0.25) is 5.02 Å². The molecule has 0 aliphatic carbocycles. The Labute approximate surface area is 129 Å². The second-order valence-electron chi connectivity index (χ2n) is 3.89. The molecule has 0 saturated heterocycles. The lowest BCUT2D eigenvalue weighted by Gasteiger charge is -2.03. The van der Waals surface area contributed by atoms with E-state index in [-0.39, 0.29) is 11.7 Å². The fourth-order valence-electron chi connectivity index (χ4n) is 1.50. The highest BCUT2D eigenvalue weighted by Crippen LogP contribution is 2.30. The second-order valence-corrected chi connectivity index (χ2v) is 5.18. The summed E-state index contributed by atoms with van der Waals surface area (Å²) in [4.78, 5) is 11.7. The van der Waals surface area contributed by atoms with Gasteiger partial charge < -0.3 is 5.11 Å². The van der Waals surface area contributed by atoms with Crippen molar-refractivity contribution in [1.29, 1.82) is 0 Å². The summed E-state index contributed by atoms with van der Waals surface area (Å²) in [6, 6.07) is 11.8. The van der Waals surface area contributed by atoms with Crippen LogP contribution in [0.5, 0.6) is 5.75 Å². The molecule has 2 aromatic carbocycles. The number of amides is 1. The van der Waals surface area contributed by atoms with Gasteiger partial charge in [-0.2, -0.15) is 5.10 Å². The Kier molecular flexibility index (Phi) is 4.76. The normalized spacial score (nSPS) is 10.7. The van der Waals surface area contributed by atoms with Crippen molar-refractivity contribution in [2.45, 2.75) is 0 Å². The van der Waals surface area contributed by atoms with Gasteiger partial charge in [-0.15, -0.1) is 0 Å². The van der Waals surface area contributed by atoms with E-state index in [2.05, 4.69) is 26.5 Å². The van der Waals surface area contributed by atoms with Gasteiger partial charge in [-0.25, -0.2) is 5.43 Å². The standard InChI is InChI=1S/C14H10BrClN2O2/c15-12-7-11(16)6-10(13(12)19)8-17-18-14(20)9-4-2-1-3-5-9/h1-8,19H,(H,18,20)/b17-8-. The van der Waals surface area contributed by atoms with Crippen LogP contribution in [0.4, 0.5) is 0 Å². The fraction of sp³-hybridized carbons (Fsp3) is 0. The monoisotopic (exact) mass is 352 g/mol. The number of benzene rings is 2. The Balaban J connectivity index is 2.10. The summed E-state index contributed by atoms with van der Waals surface area (Å²) in [5, 5.41) is 14.0. The van der Waals surface area contributed by atoms with E-state index in [0.29, 0.717) is 20.6 Å². The number of hydrazone groups is 1. The highest BCUT2D eigenvalue weighted by atomic mass is 79.9. The molecule has 0 aromatic heterocycles. The Hall–Kier alpha value is -1.85. The Morgan fingerprint density at radius 2 is 2.00 bits per heavy atom. The van der Waals surface area contributed by atoms with Crippen LogP contribution < -0.4 is 5.43 Å². The number of carbonyl (C=O) groups is 1. The van der Waals surface area contributed by atoms with Crippen molar-refractivity contribution >= 4 is 39.7 Å². The highest BCUT2D eigenvalue weighted by Gasteiger charge is 2.06. The van der Waals surface area contributed by atoms with E-state index in [9.17, 15) is 9.90 Å². The van der Waals surface area contributed by atoms with Gasteiger partial charge in [-0.3, -0.25) is 4.79 Å². The van der Waals surface area contributed by atoms with E-state index in [1.807, 2.05) is 6.07 Å². The number of hydrogen-bond donors (Lipinski definition) is 2. The van der Waals surface area contributed by atoms with E-state index < -0.39 is 0 Å². The van der Waals surface area contributed by atoms with Crippen LogP contribution in [0.3, 0.4) is 0 Å². The summed E-state index contributed by atoms with van der Waals surface area (Å²) < 4.78 is 0.459. The van der Waals surface area contributed by atoms with Crippen LogP contribution >= 0.6 is 27.5 Å². The number of nitrogens with one attached hydrogen (secondary N) is 1. The summed E-state index contributed by atoms with van der Waals surface area (Å²) in [6.45, 7) is 0. The summed E-state index contributed by atoms with van der Waals surface area (Å²) in [7, 11) is 0. The van der Waals surface area contributed by atoms with Crippen molar-refractivity contribution in [2.75, 3.05) is 0 Å². The third-order valence-corrected chi connectivity index (χ3v) is 3.29. The predicted octanol–water partition coefficient (Wildman–Crippen LogP) is 3.57. The maximum Gasteiger partial charge on any atom is 0.271 e. The average Bonchev–Trinajstić information content (AvgIpc) is 2.44. The van der Waals surface area contributed by atoms with E-state index in [1.165, 1.54) is 6.21 Å². The van der Waals surface area contributed by atoms with Crippen molar-refractivity contribution in [1.82, 2.24) is 5.43 Å². The molecule has 0 aliphatic rings. The molecule has 2 aromatic rings. The van der Waals surface area contributed by atoms with Crippen molar-refractivity contribution in [3.63, 3.8) is 0 Å². The molecule has 0 atom stereocenters. The van der Waals surface area contributed by atoms with Gasteiger partial charge in [0.15, 0.2) is 0 Å². The van der Waals surface area contributed by atoms with Crippen LogP contribution in [0.1, 0.15) is 15.9 Å². The number of hydrogen-bond acceptors (Lipinski definition) is 3. The lowest BCUT2D eigenvalue weighted by atomic mass is 10.2. The number of nitrogens with zero attached hydrogens (tertiary/aromatic N) is 1. The SMILES string of the molecule is O=C(N/N=C\c1cc(Cl)cc(Br)c1O)c1ccccc1. The molecule has 0 aliphatic heterocycles. The Bertz CT molecular complexity index is 660. The maximum atomic E-state index is 11.7. The zero-order valence-electron chi connectivity index (χ0n) is 10.2. The summed E-state index contributed by atoms with van der Waals surface area (Å²) in [5.41, 5.74) is 3.28. The number of halogens is 2. The molecule has 0 spiro atoms. The molecule has 0 unspecified atom stereocenters. The molecule has 102 valence electrons. The summed E-state index contributed by atoms with van der Waals surface area (Å²) >= 11 is 9.04. The zero-order chi connectivity index (χ0) is 14.5. The summed E-state index contributed by atoms with van der Waals surface area (Å²) in [6.07, 6.45) is 1.33. The number of carbonyl (C=O) groups excluding carboxylic acids is 1. The van der Waals surface area contributed by atoms with Gasteiger partial charge in [0, 0.05) is 16.1 Å². The first-order valence-electron chi connectivity index (χ1n) is 5.64. The molecular formula is C14H10BrClN2O2. The average molecular weight is 354 g/mol. The smallest absolute Gasteiger partial charge is 0.271 e. The van der Waals surface area contributed by atoms with E-state index in [4.69, 9.17) is 11.6 Å². The third-order valence-electron chi connectivity index (χ3n) is 2.46. The molecule has 2 N–H and O–H groups in total. The number of phenolic OH excluding ortho intramolecular Hbond substituents is 1. The van der Waals surface area contributed by atoms with Crippen LogP contribution in [0.15, 0.2) is 52.0 Å². The molecule has 0 heterocycles. The second kappa shape index (κ2) is 6.54. The first-order valence-corrected chi connectivity index (χ1v) is 6.81. The molecule has 6 heteroatoms. The zero-order valence-corrected chi connectivity index (χ0v) is 12.5. The fourth-order valence-corrected chi connectivity index (χ4v) is 2.33. The highest BCUT2D eigenvalue weighted by molar-refractivity contribution is 9.10. The van der Waals surface area contributed by atoms with Crippen molar-refractivity contribution in [2.24, 2.45) is 5.10 Å². The largest absolute Gasteiger partial charge is 0.506 e. The van der Waals surface area contributed by atoms with Crippen molar-refractivity contribution < 1.29 is 9.90 Å². The van der Waals surface area contributed by atoms with Crippen LogP contribution in [-0.2, 0) is 0 Å². The van der Waals surface area contributed by atoms with E-state index in [0.717, 1.165) is 0 Å². The van der Waals surface area contributed by atoms with Gasteiger partial charge in [-0.05, 0) is 40.2 Å². The number of rotatable bonds is 3. The maximum absolute atomic E-state index is 11.7. The minimum absolute atomic E-state index is 0.00658. The molecule has 0 bridgehead atoms. The Morgan fingerprint density at radius 3 is 2.70 bits per heavy atom. The van der Waals surface area contributed by atoms with Gasteiger partial charge in [0.1, 0.15) is 5.75 Å². The van der Waals surface area contributed by atoms with Gasteiger partial charge >= 0.3 is 0 Å². The van der Waals surface area contributed by atoms with Crippen molar-refractivity contribution in [3.8, 4) is 5.75 Å². The van der Waals surface area contributed by atoms with Crippen LogP contribution in [0, 0.1) is 0 Å². The minimum atomic E-state index is -0.331. The molecule has 4 nitrogen and oxygen atoms in total. The first kappa shape index (κ1) is 14.6. The lowest BCUT2D eigenvalue weighted by molar-refractivity contribution is 0.0955. The molecule has 0 saturated carbocycles. The van der Waals surface area contributed by atoms with Gasteiger partial charge in [0.25, 0.3) is 5.91 Å². The minimum Gasteiger partial charge on any atom is -0.506 e. The molecule has 1 amide bonds. The van der Waals surface area contributed by atoms with Gasteiger partial charge in [-0.1, -0.05) is 29.8 Å². The topological polar surface area (TPSA) is 61.7 Å². The molecule has 20 heavy (non-hydrogen) atoms. The summed E-state index contributed by atoms with van der Waals surface area (Å²) in [5.74, 6) is -0.324. The molecule has 0 radical (unpaired) electrons. The number of phenols is 1.